The summed E-state index contributed by atoms with van der Waals surface area (Å²) in [5.41, 5.74) is 14.1. The van der Waals surface area contributed by atoms with Crippen LogP contribution in [0.25, 0.3) is 38.8 Å². The maximum absolute atomic E-state index is 6.91. The predicted molar refractivity (Wildman–Crippen MR) is 291 cm³/mol. The van der Waals surface area contributed by atoms with Gasteiger partial charge in [-0.2, -0.15) is 6.07 Å². The molecule has 2 aromatic heterocycles. The Morgan fingerprint density at radius 2 is 1.19 bits per heavy atom. The largest absolute Gasteiger partial charge is 4.00 e. The van der Waals surface area contributed by atoms with Crippen LogP contribution in [-0.4, -0.2) is 9.55 Å². The first-order valence-electron chi connectivity index (χ1n) is 23.9. The zero-order valence-electron chi connectivity index (χ0n) is 42.7. The second-order valence-electron chi connectivity index (χ2n) is 22.0. The molecule has 0 unspecified atom stereocenters. The zero-order chi connectivity index (χ0) is 47.8. The van der Waals surface area contributed by atoms with Gasteiger partial charge in [-0.3, -0.25) is 0 Å². The van der Waals surface area contributed by atoms with Gasteiger partial charge in [0, 0.05) is 45.7 Å². The Bertz CT molecular complexity index is 3330. The third kappa shape index (κ3) is 9.34. The van der Waals surface area contributed by atoms with Crippen molar-refractivity contribution < 1.29 is 25.8 Å². The average Bonchev–Trinajstić information content (AvgIpc) is 3.87. The summed E-state index contributed by atoms with van der Waals surface area (Å²) in [5.74, 6) is 2.09. The minimum absolute atomic E-state index is 0. The summed E-state index contributed by atoms with van der Waals surface area (Å²) in [5, 5.41) is 2.32. The van der Waals surface area contributed by atoms with E-state index in [9.17, 15) is 0 Å². The first kappa shape index (κ1) is 50.0. The van der Waals surface area contributed by atoms with Crippen molar-refractivity contribution in [3.8, 4) is 28.4 Å². The molecule has 0 saturated carbocycles. The summed E-state index contributed by atoms with van der Waals surface area (Å²) >= 11 is 0. The Morgan fingerprint density at radius 1 is 0.514 bits per heavy atom. The van der Waals surface area contributed by atoms with Gasteiger partial charge < -0.3 is 26.5 Å². The van der Waals surface area contributed by atoms with Gasteiger partial charge in [0.2, 0.25) is 0 Å². The molecule has 10 rings (SSSR count). The predicted octanol–water partition coefficient (Wildman–Crippen LogP) is 17.3. The van der Waals surface area contributed by atoms with Gasteiger partial charge >= 0.3 is 21.1 Å². The molecule has 70 heavy (non-hydrogen) atoms. The van der Waals surface area contributed by atoms with Crippen molar-refractivity contribution in [1.29, 1.82) is 0 Å². The van der Waals surface area contributed by atoms with E-state index in [1.54, 1.807) is 0 Å². The van der Waals surface area contributed by atoms with E-state index in [1.165, 1.54) is 44.3 Å². The zero-order valence-corrected chi connectivity index (χ0v) is 45.0. The van der Waals surface area contributed by atoms with E-state index in [1.807, 2.05) is 12.3 Å². The van der Waals surface area contributed by atoms with E-state index in [4.69, 9.17) is 9.72 Å². The minimum atomic E-state index is -0.260. The second-order valence-corrected chi connectivity index (χ2v) is 22.0. The summed E-state index contributed by atoms with van der Waals surface area (Å²) < 4.78 is 9.16. The third-order valence-corrected chi connectivity index (χ3v) is 13.7. The van der Waals surface area contributed by atoms with Crippen LogP contribution in [0.1, 0.15) is 104 Å². The molecule has 7 aromatic carbocycles. The molecule has 0 saturated heterocycles. The molecule has 0 spiro atoms. The number of hydrogen-bond donors (Lipinski definition) is 0. The first-order chi connectivity index (χ1) is 32.3. The number of fused-ring (bicyclic) bond motifs is 4. The fraction of sp³-hybridized carbons (Fsp3) is 0.234. The molecule has 0 fully saturated rings. The van der Waals surface area contributed by atoms with Gasteiger partial charge in [-0.05, 0) is 97.5 Å². The van der Waals surface area contributed by atoms with E-state index >= 15 is 0 Å². The van der Waals surface area contributed by atoms with Gasteiger partial charge in [-0.1, -0.05) is 178 Å². The number of hydrogen-bond acceptors (Lipinski definition) is 4. The van der Waals surface area contributed by atoms with Gasteiger partial charge in [0.25, 0.3) is 0 Å². The number of nitrogens with zero attached hydrogens (tertiary/aromatic N) is 4. The van der Waals surface area contributed by atoms with Crippen molar-refractivity contribution in [2.45, 2.75) is 97.8 Å². The van der Waals surface area contributed by atoms with E-state index in [0.29, 0.717) is 11.5 Å². The van der Waals surface area contributed by atoms with Crippen molar-refractivity contribution in [1.82, 2.24) is 9.55 Å². The fourth-order valence-electron chi connectivity index (χ4n) is 9.59. The Labute approximate surface area is 431 Å². The Morgan fingerprint density at radius 3 is 1.89 bits per heavy atom. The number of anilines is 4. The van der Waals surface area contributed by atoms with Crippen LogP contribution >= 0.6 is 0 Å². The maximum atomic E-state index is 6.91. The van der Waals surface area contributed by atoms with Gasteiger partial charge in [0.15, 0.2) is 0 Å². The van der Waals surface area contributed by atoms with Crippen molar-refractivity contribution >= 4 is 44.6 Å². The van der Waals surface area contributed by atoms with Crippen LogP contribution in [0.2, 0.25) is 0 Å². The summed E-state index contributed by atoms with van der Waals surface area (Å²) in [6, 6.07) is 64.2. The summed E-state index contributed by atoms with van der Waals surface area (Å²) in [4.78, 5) is 9.55. The molecule has 3 heterocycles. The van der Waals surface area contributed by atoms with Crippen LogP contribution in [0.5, 0.6) is 11.5 Å². The number of ether oxygens (including phenoxy) is 1. The molecule has 1 aliphatic rings. The van der Waals surface area contributed by atoms with Gasteiger partial charge in [0.1, 0.15) is 5.82 Å². The van der Waals surface area contributed by atoms with Crippen LogP contribution in [0.4, 0.5) is 22.7 Å². The normalized spacial score (nSPS) is 13.0. The van der Waals surface area contributed by atoms with Crippen molar-refractivity contribution in [2.24, 2.45) is 0 Å². The van der Waals surface area contributed by atoms with E-state index in [2.05, 4.69) is 261 Å². The van der Waals surface area contributed by atoms with Crippen LogP contribution in [0.15, 0.2) is 164 Å². The Balaban J connectivity index is 0.00000329. The molecule has 6 heteroatoms. The van der Waals surface area contributed by atoms with Crippen LogP contribution < -0.4 is 14.5 Å². The maximum Gasteiger partial charge on any atom is 4.00 e. The standard InChI is InChI=1S/C63H61N4O.CH3.Pt/c1-60(2,3)45-29-30-55-56(36-45)66(49-34-43(42-21-14-12-15-22-42)33-47(35-49)63(10,11)44-23-16-13-17-24-44)41-65(55)48-25-20-26-50(38-48)68-51-39-53(62(7,8)9)59-52-27-18-19-28-54(52)67(57(59)40-51)58-37-46(31-32-64-58)61(4,5)6;;/h12-37,39,41H,1-11H3;1H3;/q-3;-1;+4. The SMILES string of the molecule is CC(C)(C)c1ccnc(-n2c3[c-]c(Oc4[c-]c(N5[CH-]N(c6cc(-c7ccccc7)cc(C(C)(C)c7ccccc7)c6)c6cc(C(C)(C)C)ccc65)ccc4)cc(C(C)(C)C)c3c3ccccc32)c1.[CH3-].[Pt+4]. The van der Waals surface area contributed by atoms with Gasteiger partial charge in [-0.25, -0.2) is 4.98 Å². The molecule has 0 radical (unpaired) electrons. The first-order valence-corrected chi connectivity index (χ1v) is 23.9. The monoisotopic (exact) mass is 1100 g/mol. The molecule has 0 N–H and O–H groups in total. The molecule has 0 atom stereocenters. The molecule has 0 bridgehead atoms. The molecule has 5 nitrogen and oxygen atoms in total. The van der Waals surface area contributed by atoms with E-state index < -0.39 is 0 Å². The molecular formula is C64H64N4OPt. The van der Waals surface area contributed by atoms with Crippen LogP contribution in [-0.2, 0) is 42.7 Å². The van der Waals surface area contributed by atoms with Crippen molar-refractivity contribution in [3.05, 3.63) is 218 Å². The molecule has 0 aliphatic carbocycles. The number of para-hydroxylation sites is 1. The topological polar surface area (TPSA) is 33.5 Å². The number of aromatic nitrogens is 2. The molecule has 9 aromatic rings. The van der Waals surface area contributed by atoms with Gasteiger partial charge in [-0.15, -0.1) is 48.3 Å². The van der Waals surface area contributed by atoms with E-state index in [-0.39, 0.29) is 50.2 Å². The van der Waals surface area contributed by atoms with Crippen molar-refractivity contribution in [2.75, 3.05) is 9.80 Å². The fourth-order valence-corrected chi connectivity index (χ4v) is 9.59. The quantitative estimate of drug-likeness (QED) is 0.142. The van der Waals surface area contributed by atoms with Crippen LogP contribution in [0, 0.1) is 26.2 Å². The van der Waals surface area contributed by atoms with Crippen LogP contribution in [0.3, 0.4) is 0 Å². The molecule has 1 aliphatic heterocycles. The minimum Gasteiger partial charge on any atom is -0.509 e. The average molecular weight is 1100 g/mol. The smallest absolute Gasteiger partial charge is 0.509 e. The summed E-state index contributed by atoms with van der Waals surface area (Å²) in [6.07, 6.45) is 1.92. The second kappa shape index (κ2) is 18.7. The molecule has 356 valence electrons. The van der Waals surface area contributed by atoms with Gasteiger partial charge in [0.05, 0.1) is 0 Å². The molecule has 0 amide bonds. The summed E-state index contributed by atoms with van der Waals surface area (Å²) in [7, 11) is 0. The Hall–Kier alpha value is -6.42. The number of benzene rings is 7. The van der Waals surface area contributed by atoms with E-state index in [0.717, 1.165) is 45.0 Å². The Kier molecular flexibility index (Phi) is 13.4. The molecular weight excluding hydrogens is 1040 g/mol. The number of rotatable bonds is 8. The number of pyridine rings is 1. The van der Waals surface area contributed by atoms with Crippen molar-refractivity contribution in [3.63, 3.8) is 0 Å². The third-order valence-electron chi connectivity index (χ3n) is 13.7. The summed E-state index contributed by atoms with van der Waals surface area (Å²) in [6.45, 7) is 27.2.